The molecule has 3 aromatic rings. The Hall–Kier alpha value is -3.61. The van der Waals surface area contributed by atoms with E-state index in [-0.39, 0.29) is 17.1 Å². The second-order valence-electron chi connectivity index (χ2n) is 7.05. The van der Waals surface area contributed by atoms with Crippen LogP contribution in [-0.4, -0.2) is 63.3 Å². The van der Waals surface area contributed by atoms with Crippen LogP contribution in [0.2, 0.25) is 0 Å². The Morgan fingerprint density at radius 1 is 1.33 bits per heavy atom. The van der Waals surface area contributed by atoms with Crippen molar-refractivity contribution in [3.8, 4) is 23.3 Å². The van der Waals surface area contributed by atoms with Crippen LogP contribution in [0.4, 0.5) is 5.82 Å². The lowest BCUT2D eigenvalue weighted by atomic mass is 10.2. The summed E-state index contributed by atoms with van der Waals surface area (Å²) in [5, 5.41) is 9.95. The van der Waals surface area contributed by atoms with Crippen LogP contribution in [0.15, 0.2) is 24.4 Å². The van der Waals surface area contributed by atoms with Gasteiger partial charge in [-0.3, -0.25) is 14.3 Å². The zero-order valence-electron chi connectivity index (χ0n) is 16.6. The number of nitrogens with zero attached hydrogens (tertiary/aromatic N) is 4. The highest BCUT2D eigenvalue weighted by molar-refractivity contribution is 6.09. The van der Waals surface area contributed by atoms with Crippen molar-refractivity contribution in [2.45, 2.75) is 6.92 Å². The Kier molecular flexibility index (Phi) is 5.27. The number of phenols is 1. The number of phenolic OH excluding ortho intramolecular Hbond substituents is 1. The predicted molar refractivity (Wildman–Crippen MR) is 112 cm³/mol. The van der Waals surface area contributed by atoms with Crippen molar-refractivity contribution in [2.24, 2.45) is 5.73 Å². The molecular weight excluding hydrogens is 384 g/mol. The normalized spacial score (nSPS) is 14.4. The van der Waals surface area contributed by atoms with E-state index in [1.54, 1.807) is 22.8 Å². The van der Waals surface area contributed by atoms with Crippen molar-refractivity contribution in [2.75, 3.05) is 38.6 Å². The highest BCUT2D eigenvalue weighted by Gasteiger charge is 2.23. The summed E-state index contributed by atoms with van der Waals surface area (Å²) in [6.07, 6.45) is 1.50. The molecule has 1 fully saturated rings. The lowest BCUT2D eigenvalue weighted by Gasteiger charge is -2.24. The van der Waals surface area contributed by atoms with E-state index in [4.69, 9.17) is 16.2 Å². The molecule has 4 rings (SSSR count). The number of nitrogens with two attached hydrogens (primary N) is 2. The van der Waals surface area contributed by atoms with Crippen LogP contribution >= 0.6 is 0 Å². The summed E-state index contributed by atoms with van der Waals surface area (Å²) in [4.78, 5) is 23.2. The van der Waals surface area contributed by atoms with Crippen LogP contribution in [0.3, 0.4) is 0 Å². The van der Waals surface area contributed by atoms with Crippen molar-refractivity contribution < 1.29 is 14.6 Å². The van der Waals surface area contributed by atoms with Crippen LogP contribution in [0.5, 0.6) is 5.75 Å². The monoisotopic (exact) mass is 406 g/mol. The number of aryl methyl sites for hydroxylation is 1. The summed E-state index contributed by atoms with van der Waals surface area (Å²) in [6, 6.07) is 4.87. The average molecular weight is 406 g/mol. The Morgan fingerprint density at radius 2 is 2.10 bits per heavy atom. The zero-order valence-corrected chi connectivity index (χ0v) is 16.6. The first-order valence-corrected chi connectivity index (χ1v) is 9.51. The van der Waals surface area contributed by atoms with Crippen molar-refractivity contribution in [1.82, 2.24) is 19.4 Å². The van der Waals surface area contributed by atoms with Gasteiger partial charge in [0, 0.05) is 19.2 Å². The Labute approximate surface area is 173 Å². The van der Waals surface area contributed by atoms with E-state index >= 15 is 0 Å². The van der Waals surface area contributed by atoms with Gasteiger partial charge in [-0.25, -0.2) is 9.97 Å². The maximum absolute atomic E-state index is 12.0. The molecule has 0 aliphatic carbocycles. The topological polar surface area (TPSA) is 133 Å². The molecule has 1 saturated heterocycles. The summed E-state index contributed by atoms with van der Waals surface area (Å²) >= 11 is 0. The molecule has 154 valence electrons. The van der Waals surface area contributed by atoms with E-state index in [9.17, 15) is 9.90 Å². The fraction of sp³-hybridized carbons (Fsp3) is 0.286. The number of morpholine rings is 1. The van der Waals surface area contributed by atoms with Crippen LogP contribution in [-0.2, 0) is 4.74 Å². The molecule has 0 bridgehead atoms. The first-order chi connectivity index (χ1) is 14.5. The first kappa shape index (κ1) is 19.7. The Bertz CT molecular complexity index is 1180. The van der Waals surface area contributed by atoms with Crippen LogP contribution in [0.25, 0.3) is 16.9 Å². The number of benzene rings is 1. The number of ether oxygens (including phenoxy) is 1. The minimum atomic E-state index is -0.700. The fourth-order valence-corrected chi connectivity index (χ4v) is 3.45. The number of aromatic hydroxyl groups is 1. The number of hydrogen-bond acceptors (Lipinski definition) is 7. The third-order valence-electron chi connectivity index (χ3n) is 5.00. The average Bonchev–Trinajstić information content (AvgIpc) is 3.02. The maximum atomic E-state index is 12.0. The highest BCUT2D eigenvalue weighted by atomic mass is 16.5. The number of aromatic nitrogens is 3. The van der Waals surface area contributed by atoms with Crippen molar-refractivity contribution >= 4 is 22.9 Å². The molecule has 0 spiro atoms. The maximum Gasteiger partial charge on any atom is 0.254 e. The quantitative estimate of drug-likeness (QED) is 0.548. The number of carbonyl (C=O) groups excluding carboxylic acids is 1. The van der Waals surface area contributed by atoms with E-state index in [1.165, 1.54) is 6.20 Å². The van der Waals surface area contributed by atoms with Gasteiger partial charge in [0.25, 0.3) is 5.91 Å². The number of anilines is 1. The molecule has 0 unspecified atom stereocenters. The van der Waals surface area contributed by atoms with Gasteiger partial charge >= 0.3 is 0 Å². The van der Waals surface area contributed by atoms with Gasteiger partial charge in [0.05, 0.1) is 31.6 Å². The Morgan fingerprint density at radius 3 is 2.83 bits per heavy atom. The number of carbonyl (C=O) groups is 1. The van der Waals surface area contributed by atoms with Crippen molar-refractivity contribution in [3.05, 3.63) is 41.2 Å². The zero-order chi connectivity index (χ0) is 21.3. The van der Waals surface area contributed by atoms with Crippen molar-refractivity contribution in [3.63, 3.8) is 0 Å². The first-order valence-electron chi connectivity index (χ1n) is 9.51. The molecule has 1 amide bonds. The van der Waals surface area contributed by atoms with Gasteiger partial charge in [-0.2, -0.15) is 0 Å². The largest absolute Gasteiger partial charge is 0.508 e. The van der Waals surface area contributed by atoms with Crippen LogP contribution < -0.4 is 11.5 Å². The molecule has 0 atom stereocenters. The fourth-order valence-electron chi connectivity index (χ4n) is 3.45. The summed E-state index contributed by atoms with van der Waals surface area (Å²) in [6.45, 7) is 5.57. The van der Waals surface area contributed by atoms with Gasteiger partial charge in [-0.05, 0) is 24.5 Å². The molecule has 2 aromatic heterocycles. The van der Waals surface area contributed by atoms with E-state index < -0.39 is 5.91 Å². The second kappa shape index (κ2) is 8.02. The van der Waals surface area contributed by atoms with E-state index in [2.05, 4.69) is 26.7 Å². The molecule has 1 aliphatic rings. The number of nitrogen functional groups attached to an aromatic ring is 1. The van der Waals surface area contributed by atoms with Gasteiger partial charge in [0.1, 0.15) is 28.3 Å². The molecular formula is C21H22N6O3. The van der Waals surface area contributed by atoms with E-state index in [0.29, 0.717) is 42.3 Å². The summed E-state index contributed by atoms with van der Waals surface area (Å²) in [5.41, 5.74) is 14.4. The third kappa shape index (κ3) is 3.66. The van der Waals surface area contributed by atoms with Gasteiger partial charge in [0.2, 0.25) is 0 Å². The minimum Gasteiger partial charge on any atom is -0.508 e. The highest BCUT2D eigenvalue weighted by Crippen LogP contribution is 2.31. The second-order valence-corrected chi connectivity index (χ2v) is 7.05. The molecule has 9 nitrogen and oxygen atoms in total. The molecule has 5 N–H and O–H groups in total. The molecule has 1 aliphatic heterocycles. The molecule has 3 heterocycles. The number of rotatable bonds is 3. The molecule has 1 aromatic carbocycles. The Balaban J connectivity index is 1.80. The van der Waals surface area contributed by atoms with E-state index in [1.807, 2.05) is 6.92 Å². The number of amides is 1. The summed E-state index contributed by atoms with van der Waals surface area (Å²) < 4.78 is 6.91. The molecule has 0 saturated carbocycles. The molecule has 30 heavy (non-hydrogen) atoms. The standard InChI is InChI=1S/C21H22N6O3/c1-13-4-5-15(28)11-16(13)27-19(22)17(20(23)29)18-21(27)25-14(12-24-18)3-2-6-26-7-9-30-10-8-26/h4-5,11-12,28H,6-10,22H2,1H3,(H2,23,29). The van der Waals surface area contributed by atoms with Gasteiger partial charge < -0.3 is 21.3 Å². The molecule has 0 radical (unpaired) electrons. The van der Waals surface area contributed by atoms with Crippen LogP contribution in [0, 0.1) is 18.8 Å². The SMILES string of the molecule is Cc1ccc(O)cc1-n1c(N)c(C(N)=O)c2ncc(C#CCN3CCOCC3)nc21. The summed E-state index contributed by atoms with van der Waals surface area (Å²) in [7, 11) is 0. The van der Waals surface area contributed by atoms with E-state index in [0.717, 1.165) is 18.7 Å². The predicted octanol–water partition coefficient (Wildman–Crippen LogP) is 0.799. The molecule has 9 heteroatoms. The lowest BCUT2D eigenvalue weighted by Crippen LogP contribution is -2.36. The van der Waals surface area contributed by atoms with Crippen LogP contribution in [0.1, 0.15) is 21.6 Å². The summed E-state index contributed by atoms with van der Waals surface area (Å²) in [5.74, 6) is 5.60. The number of hydrogen-bond donors (Lipinski definition) is 3. The minimum absolute atomic E-state index is 0.0619. The number of primary amides is 1. The van der Waals surface area contributed by atoms with Crippen molar-refractivity contribution in [1.29, 1.82) is 0 Å². The van der Waals surface area contributed by atoms with Gasteiger partial charge in [-0.1, -0.05) is 12.0 Å². The van der Waals surface area contributed by atoms with Gasteiger partial charge in [-0.15, -0.1) is 0 Å². The smallest absolute Gasteiger partial charge is 0.254 e. The lowest BCUT2D eigenvalue weighted by molar-refractivity contribution is 0.0443. The van der Waals surface area contributed by atoms with Gasteiger partial charge in [0.15, 0.2) is 5.65 Å². The third-order valence-corrected chi connectivity index (χ3v) is 5.00. The number of fused-ring (bicyclic) bond motifs is 1.